The number of aryl methyl sites for hydroxylation is 2. The van der Waals surface area contributed by atoms with Crippen LogP contribution in [0.25, 0.3) is 0 Å². The van der Waals surface area contributed by atoms with Gasteiger partial charge in [-0.25, -0.2) is 0 Å². The van der Waals surface area contributed by atoms with Crippen molar-refractivity contribution >= 4 is 5.96 Å². The van der Waals surface area contributed by atoms with Gasteiger partial charge < -0.3 is 15.0 Å². The molecule has 0 radical (unpaired) electrons. The molecule has 2 heterocycles. The van der Waals surface area contributed by atoms with Crippen molar-refractivity contribution in [1.29, 1.82) is 0 Å². The molecule has 152 valence electrons. The van der Waals surface area contributed by atoms with Gasteiger partial charge in [0.25, 0.3) is 0 Å². The summed E-state index contributed by atoms with van der Waals surface area (Å²) >= 11 is 0. The number of nitrogens with zero attached hydrogens (tertiary/aromatic N) is 4. The summed E-state index contributed by atoms with van der Waals surface area (Å²) in [5.41, 5.74) is 2.44. The average Bonchev–Trinajstić information content (AvgIpc) is 3.34. The second-order valence-corrected chi connectivity index (χ2v) is 7.47. The summed E-state index contributed by atoms with van der Waals surface area (Å²) in [6.45, 7) is 10.4. The Balaban J connectivity index is 1.40. The molecule has 3 rings (SSSR count). The minimum Gasteiger partial charge on any atom is -0.376 e. The molecule has 6 nitrogen and oxygen atoms in total. The molecule has 0 aliphatic carbocycles. The molecule has 1 aromatic carbocycles. The quantitative estimate of drug-likeness (QED) is 0.411. The monoisotopic (exact) mass is 383 g/mol. The fourth-order valence-electron chi connectivity index (χ4n) is 3.51. The first-order valence-corrected chi connectivity index (χ1v) is 10.4. The van der Waals surface area contributed by atoms with Gasteiger partial charge in [-0.3, -0.25) is 9.67 Å². The molecule has 6 heteroatoms. The lowest BCUT2D eigenvalue weighted by molar-refractivity contribution is 0.0907. The lowest BCUT2D eigenvalue weighted by Gasteiger charge is -2.21. The van der Waals surface area contributed by atoms with Crippen LogP contribution in [0.2, 0.25) is 0 Å². The Morgan fingerprint density at radius 1 is 1.32 bits per heavy atom. The number of ether oxygens (including phenoxy) is 1. The fourth-order valence-corrected chi connectivity index (χ4v) is 3.51. The van der Waals surface area contributed by atoms with E-state index >= 15 is 0 Å². The van der Waals surface area contributed by atoms with Crippen molar-refractivity contribution in [2.75, 3.05) is 32.8 Å². The van der Waals surface area contributed by atoms with Crippen molar-refractivity contribution in [3.8, 4) is 0 Å². The number of hydrogen-bond acceptors (Lipinski definition) is 3. The van der Waals surface area contributed by atoms with Crippen LogP contribution in [0.3, 0.4) is 0 Å². The fraction of sp³-hybridized carbons (Fsp3) is 0.545. The number of guanidine groups is 1. The number of rotatable bonds is 9. The summed E-state index contributed by atoms with van der Waals surface area (Å²) in [5.74, 6) is 1.60. The largest absolute Gasteiger partial charge is 0.376 e. The van der Waals surface area contributed by atoms with Gasteiger partial charge in [-0.05, 0) is 37.8 Å². The summed E-state index contributed by atoms with van der Waals surface area (Å²) in [7, 11) is 0. The Kier molecular flexibility index (Phi) is 7.91. The highest BCUT2D eigenvalue weighted by atomic mass is 16.5. The van der Waals surface area contributed by atoms with E-state index in [1.165, 1.54) is 11.1 Å². The van der Waals surface area contributed by atoms with Crippen LogP contribution in [-0.2, 0) is 17.9 Å². The number of nitrogens with one attached hydrogen (secondary N) is 1. The molecule has 1 atom stereocenters. The van der Waals surface area contributed by atoms with E-state index in [0.29, 0.717) is 12.5 Å². The molecule has 0 bridgehead atoms. The lowest BCUT2D eigenvalue weighted by atomic mass is 10.1. The predicted octanol–water partition coefficient (Wildman–Crippen LogP) is 3.09. The topological polar surface area (TPSA) is 54.7 Å². The van der Waals surface area contributed by atoms with Gasteiger partial charge in [-0.15, -0.1) is 0 Å². The van der Waals surface area contributed by atoms with Gasteiger partial charge in [-0.1, -0.05) is 30.3 Å². The van der Waals surface area contributed by atoms with Crippen molar-refractivity contribution in [1.82, 2.24) is 20.0 Å². The standard InChI is InChI=1S/C22H33N5O/c1-3-23-22(24-11-7-12-27-15-19(2)14-25-27)26-13-10-21(16-26)18-28-17-20-8-5-4-6-9-20/h4-6,8-9,14-15,21H,3,7,10-13,16-18H2,1-2H3,(H,23,24). The molecule has 0 spiro atoms. The van der Waals surface area contributed by atoms with Gasteiger partial charge in [0.1, 0.15) is 0 Å². The van der Waals surface area contributed by atoms with Crippen molar-refractivity contribution in [3.05, 3.63) is 53.9 Å². The number of hydrogen-bond donors (Lipinski definition) is 1. The van der Waals surface area contributed by atoms with E-state index in [-0.39, 0.29) is 0 Å². The molecular weight excluding hydrogens is 350 g/mol. The Morgan fingerprint density at radius 2 is 2.18 bits per heavy atom. The molecule has 2 aromatic rings. The second-order valence-electron chi connectivity index (χ2n) is 7.47. The van der Waals surface area contributed by atoms with Crippen LogP contribution in [-0.4, -0.2) is 53.4 Å². The zero-order chi connectivity index (χ0) is 19.6. The maximum Gasteiger partial charge on any atom is 0.193 e. The first-order chi connectivity index (χ1) is 13.7. The van der Waals surface area contributed by atoms with Crippen LogP contribution in [0.4, 0.5) is 0 Å². The van der Waals surface area contributed by atoms with E-state index in [0.717, 1.165) is 58.1 Å². The first-order valence-electron chi connectivity index (χ1n) is 10.4. The Labute approximate surface area is 168 Å². The smallest absolute Gasteiger partial charge is 0.193 e. The van der Waals surface area contributed by atoms with E-state index in [2.05, 4.69) is 59.6 Å². The van der Waals surface area contributed by atoms with Gasteiger partial charge in [0.05, 0.1) is 19.4 Å². The predicted molar refractivity (Wildman–Crippen MR) is 113 cm³/mol. The van der Waals surface area contributed by atoms with E-state index in [1.54, 1.807) is 0 Å². The molecule has 0 amide bonds. The number of aliphatic imine (C=N–C) groups is 1. The van der Waals surface area contributed by atoms with E-state index in [4.69, 9.17) is 9.73 Å². The third-order valence-electron chi connectivity index (χ3n) is 4.95. The van der Waals surface area contributed by atoms with Crippen LogP contribution in [0.1, 0.15) is 30.9 Å². The lowest BCUT2D eigenvalue weighted by Crippen LogP contribution is -2.40. The molecular formula is C22H33N5O. The maximum atomic E-state index is 5.94. The van der Waals surface area contributed by atoms with Crippen LogP contribution in [0.15, 0.2) is 47.7 Å². The van der Waals surface area contributed by atoms with Gasteiger partial charge in [0, 0.05) is 44.8 Å². The minimum absolute atomic E-state index is 0.569. The zero-order valence-electron chi connectivity index (χ0n) is 17.2. The Hall–Kier alpha value is -2.34. The summed E-state index contributed by atoms with van der Waals surface area (Å²) in [4.78, 5) is 7.20. The number of aromatic nitrogens is 2. The van der Waals surface area contributed by atoms with Crippen LogP contribution < -0.4 is 5.32 Å². The zero-order valence-corrected chi connectivity index (χ0v) is 17.2. The van der Waals surface area contributed by atoms with Crippen LogP contribution in [0.5, 0.6) is 0 Å². The molecule has 1 saturated heterocycles. The van der Waals surface area contributed by atoms with E-state index in [9.17, 15) is 0 Å². The number of likely N-dealkylation sites (tertiary alicyclic amines) is 1. The minimum atomic E-state index is 0.569. The molecule has 1 aliphatic rings. The van der Waals surface area contributed by atoms with Gasteiger partial charge in [0.15, 0.2) is 5.96 Å². The van der Waals surface area contributed by atoms with E-state index in [1.807, 2.05) is 16.9 Å². The summed E-state index contributed by atoms with van der Waals surface area (Å²) in [6, 6.07) is 10.4. The van der Waals surface area contributed by atoms with Gasteiger partial charge in [0.2, 0.25) is 0 Å². The highest BCUT2D eigenvalue weighted by Gasteiger charge is 2.24. The summed E-state index contributed by atoms with van der Waals surface area (Å²) < 4.78 is 7.94. The van der Waals surface area contributed by atoms with Gasteiger partial charge >= 0.3 is 0 Å². The molecule has 1 unspecified atom stereocenters. The highest BCUT2D eigenvalue weighted by Crippen LogP contribution is 2.17. The SMILES string of the molecule is CCNC(=NCCCn1cc(C)cn1)N1CCC(COCc2ccccc2)C1. The molecule has 1 N–H and O–H groups in total. The second kappa shape index (κ2) is 10.9. The van der Waals surface area contributed by atoms with Crippen LogP contribution in [0, 0.1) is 12.8 Å². The van der Waals surface area contributed by atoms with Crippen LogP contribution >= 0.6 is 0 Å². The first kappa shape index (κ1) is 20.4. The molecule has 1 fully saturated rings. The van der Waals surface area contributed by atoms with Crippen molar-refractivity contribution in [3.63, 3.8) is 0 Å². The normalized spacial score (nSPS) is 17.3. The Morgan fingerprint density at radius 3 is 2.93 bits per heavy atom. The molecule has 0 saturated carbocycles. The third kappa shape index (κ3) is 6.37. The Bertz CT molecular complexity index is 728. The maximum absolute atomic E-state index is 5.94. The summed E-state index contributed by atoms with van der Waals surface area (Å²) in [6.07, 6.45) is 6.13. The van der Waals surface area contributed by atoms with E-state index < -0.39 is 0 Å². The van der Waals surface area contributed by atoms with Crippen molar-refractivity contribution < 1.29 is 4.74 Å². The molecule has 28 heavy (non-hydrogen) atoms. The summed E-state index contributed by atoms with van der Waals surface area (Å²) in [5, 5.41) is 7.78. The average molecular weight is 384 g/mol. The number of benzene rings is 1. The van der Waals surface area contributed by atoms with Crippen molar-refractivity contribution in [2.24, 2.45) is 10.9 Å². The molecule has 1 aromatic heterocycles. The highest BCUT2D eigenvalue weighted by molar-refractivity contribution is 5.80. The molecule has 1 aliphatic heterocycles. The van der Waals surface area contributed by atoms with Gasteiger partial charge in [-0.2, -0.15) is 5.10 Å². The van der Waals surface area contributed by atoms with Crippen molar-refractivity contribution in [2.45, 2.75) is 39.8 Å². The third-order valence-corrected chi connectivity index (χ3v) is 4.95.